The molecule has 0 bridgehead atoms. The van der Waals surface area contributed by atoms with Gasteiger partial charge in [0.1, 0.15) is 0 Å². The molecule has 0 spiro atoms. The van der Waals surface area contributed by atoms with Gasteiger partial charge in [0.15, 0.2) is 0 Å². The molecular formula is C5H5F4NO3. The number of carboxylic acids is 1. The van der Waals surface area contributed by atoms with Crippen LogP contribution < -0.4 is 5.32 Å². The van der Waals surface area contributed by atoms with Crippen LogP contribution in [0.1, 0.15) is 0 Å². The summed E-state index contributed by atoms with van der Waals surface area (Å²) in [5, 5.41) is 8.97. The molecule has 0 aliphatic carbocycles. The Balaban J connectivity index is 3.91. The van der Waals surface area contributed by atoms with Crippen LogP contribution in [-0.4, -0.2) is 35.9 Å². The van der Waals surface area contributed by atoms with Gasteiger partial charge >= 0.3 is 18.1 Å². The lowest BCUT2D eigenvalue weighted by atomic mass is 10.4. The number of halogens is 4. The van der Waals surface area contributed by atoms with Crippen LogP contribution in [0, 0.1) is 0 Å². The Morgan fingerprint density at radius 1 is 1.38 bits per heavy atom. The average molecular weight is 203 g/mol. The maximum Gasteiger partial charge on any atom is 0.471 e. The van der Waals surface area contributed by atoms with Gasteiger partial charge in [0, 0.05) is 0 Å². The number of carbonyl (C=O) groups excluding carboxylic acids is 1. The smallest absolute Gasteiger partial charge is 0.471 e. The summed E-state index contributed by atoms with van der Waals surface area (Å²) in [7, 11) is 0. The van der Waals surface area contributed by atoms with Gasteiger partial charge < -0.3 is 10.4 Å². The van der Waals surface area contributed by atoms with E-state index >= 15 is 0 Å². The summed E-state index contributed by atoms with van der Waals surface area (Å²) in [6.07, 6.45) is -7.66. The van der Waals surface area contributed by atoms with Gasteiger partial charge in [-0.3, -0.25) is 4.79 Å². The molecule has 76 valence electrons. The second-order valence-corrected chi connectivity index (χ2v) is 2.01. The lowest BCUT2D eigenvalue weighted by molar-refractivity contribution is -0.174. The predicted octanol–water partition coefficient (Wildman–Crippen LogP) is 0.0876. The van der Waals surface area contributed by atoms with Crippen LogP contribution >= 0.6 is 0 Å². The number of rotatable bonds is 3. The van der Waals surface area contributed by atoms with Crippen LogP contribution in [0.4, 0.5) is 17.6 Å². The monoisotopic (exact) mass is 203 g/mol. The Hall–Kier alpha value is -1.34. The summed E-state index contributed by atoms with van der Waals surface area (Å²) in [6.45, 7) is -1.20. The molecule has 0 saturated heterocycles. The number of carbonyl (C=O) groups is 2. The Labute approximate surface area is 69.5 Å². The van der Waals surface area contributed by atoms with E-state index in [1.807, 2.05) is 0 Å². The normalized spacial score (nSPS) is 13.5. The topological polar surface area (TPSA) is 66.4 Å². The number of nitrogens with one attached hydrogen (secondary N) is 1. The quantitative estimate of drug-likeness (QED) is 0.638. The first-order valence-corrected chi connectivity index (χ1v) is 2.97. The molecule has 13 heavy (non-hydrogen) atoms. The third-order valence-corrected chi connectivity index (χ3v) is 0.967. The molecular weight excluding hydrogens is 198 g/mol. The van der Waals surface area contributed by atoms with E-state index in [0.717, 1.165) is 5.32 Å². The van der Waals surface area contributed by atoms with Crippen molar-refractivity contribution < 1.29 is 32.3 Å². The summed E-state index contributed by atoms with van der Waals surface area (Å²) < 4.78 is 46.3. The van der Waals surface area contributed by atoms with Gasteiger partial charge in [0.25, 0.3) is 0 Å². The SMILES string of the molecule is O=C(O)C(F)CNC(=O)C(F)(F)F. The molecule has 1 unspecified atom stereocenters. The van der Waals surface area contributed by atoms with Crippen molar-refractivity contribution >= 4 is 11.9 Å². The van der Waals surface area contributed by atoms with Crippen molar-refractivity contribution in [1.82, 2.24) is 5.32 Å². The van der Waals surface area contributed by atoms with E-state index in [2.05, 4.69) is 0 Å². The minimum atomic E-state index is -5.13. The van der Waals surface area contributed by atoms with Gasteiger partial charge in [-0.1, -0.05) is 0 Å². The van der Waals surface area contributed by atoms with Crippen molar-refractivity contribution in [2.75, 3.05) is 6.54 Å². The molecule has 0 aromatic rings. The van der Waals surface area contributed by atoms with Gasteiger partial charge in [-0.05, 0) is 0 Å². The van der Waals surface area contributed by atoms with Gasteiger partial charge in [0.2, 0.25) is 6.17 Å². The highest BCUT2D eigenvalue weighted by atomic mass is 19.4. The first-order chi connectivity index (χ1) is 5.75. The van der Waals surface area contributed by atoms with E-state index in [9.17, 15) is 27.2 Å². The first-order valence-electron chi connectivity index (χ1n) is 2.97. The third-order valence-electron chi connectivity index (χ3n) is 0.967. The fraction of sp³-hybridized carbons (Fsp3) is 0.600. The summed E-state index contributed by atoms with van der Waals surface area (Å²) in [5.41, 5.74) is 0. The van der Waals surface area contributed by atoms with E-state index in [4.69, 9.17) is 5.11 Å². The van der Waals surface area contributed by atoms with Crippen molar-refractivity contribution in [1.29, 1.82) is 0 Å². The molecule has 4 nitrogen and oxygen atoms in total. The number of aliphatic carboxylic acids is 1. The Bertz CT molecular complexity index is 214. The highest BCUT2D eigenvalue weighted by Gasteiger charge is 2.38. The van der Waals surface area contributed by atoms with Crippen molar-refractivity contribution in [3.8, 4) is 0 Å². The predicted molar refractivity (Wildman–Crippen MR) is 31.6 cm³/mol. The van der Waals surface area contributed by atoms with Crippen molar-refractivity contribution in [2.24, 2.45) is 0 Å². The van der Waals surface area contributed by atoms with E-state index in [0.29, 0.717) is 0 Å². The molecule has 0 radical (unpaired) electrons. The molecule has 0 rings (SSSR count). The molecule has 0 aromatic heterocycles. The van der Waals surface area contributed by atoms with E-state index < -0.39 is 30.8 Å². The molecule has 0 fully saturated rings. The molecule has 1 atom stereocenters. The molecule has 1 amide bonds. The third kappa shape index (κ3) is 4.28. The van der Waals surface area contributed by atoms with Crippen LogP contribution in [0.3, 0.4) is 0 Å². The fourth-order valence-corrected chi connectivity index (χ4v) is 0.370. The number of hydrogen-bond acceptors (Lipinski definition) is 2. The van der Waals surface area contributed by atoms with Crippen molar-refractivity contribution in [3.63, 3.8) is 0 Å². The van der Waals surface area contributed by atoms with Crippen LogP contribution in [0.15, 0.2) is 0 Å². The second-order valence-electron chi connectivity index (χ2n) is 2.01. The number of carboxylic acid groups (broad SMARTS) is 1. The van der Waals surface area contributed by atoms with Gasteiger partial charge in [-0.25, -0.2) is 9.18 Å². The molecule has 0 saturated carbocycles. The minimum absolute atomic E-state index is 1.08. The largest absolute Gasteiger partial charge is 0.479 e. The molecule has 8 heteroatoms. The summed E-state index contributed by atoms with van der Waals surface area (Å²) in [6, 6.07) is 0. The Morgan fingerprint density at radius 3 is 2.15 bits per heavy atom. The summed E-state index contributed by atoms with van der Waals surface area (Å²) >= 11 is 0. The van der Waals surface area contributed by atoms with Gasteiger partial charge in [0.05, 0.1) is 6.54 Å². The number of hydrogen-bond donors (Lipinski definition) is 2. The fourth-order valence-electron chi connectivity index (χ4n) is 0.370. The minimum Gasteiger partial charge on any atom is -0.479 e. The molecule has 0 heterocycles. The Kier molecular flexibility index (Phi) is 3.64. The molecule has 2 N–H and O–H groups in total. The summed E-state index contributed by atoms with van der Waals surface area (Å²) in [5.74, 6) is -4.29. The highest BCUT2D eigenvalue weighted by molar-refractivity contribution is 5.82. The van der Waals surface area contributed by atoms with Crippen LogP contribution in [0.25, 0.3) is 0 Å². The van der Waals surface area contributed by atoms with Crippen LogP contribution in [-0.2, 0) is 9.59 Å². The summed E-state index contributed by atoms with van der Waals surface area (Å²) in [4.78, 5) is 19.7. The van der Waals surface area contributed by atoms with Gasteiger partial charge in [-0.2, -0.15) is 13.2 Å². The standard InChI is InChI=1S/C5H5F4NO3/c6-2(3(11)12)1-10-4(13)5(7,8)9/h2H,1H2,(H,10,13)(H,11,12). The first kappa shape index (κ1) is 11.7. The molecule has 0 aliphatic heterocycles. The number of amides is 1. The number of alkyl halides is 4. The van der Waals surface area contributed by atoms with E-state index in [1.54, 1.807) is 0 Å². The maximum absolute atomic E-state index is 12.1. The van der Waals surface area contributed by atoms with E-state index in [-0.39, 0.29) is 0 Å². The molecule has 0 aromatic carbocycles. The zero-order valence-electron chi connectivity index (χ0n) is 6.06. The van der Waals surface area contributed by atoms with E-state index in [1.165, 1.54) is 0 Å². The lowest BCUT2D eigenvalue weighted by Crippen LogP contribution is -2.41. The van der Waals surface area contributed by atoms with Crippen molar-refractivity contribution in [2.45, 2.75) is 12.3 Å². The lowest BCUT2D eigenvalue weighted by Gasteiger charge is -2.07. The second kappa shape index (κ2) is 4.06. The van der Waals surface area contributed by atoms with Gasteiger partial charge in [-0.15, -0.1) is 0 Å². The maximum atomic E-state index is 12.1. The average Bonchev–Trinajstić information content (AvgIpc) is 1.97. The van der Waals surface area contributed by atoms with Crippen LogP contribution in [0.5, 0.6) is 0 Å². The van der Waals surface area contributed by atoms with Crippen LogP contribution in [0.2, 0.25) is 0 Å². The molecule has 0 aliphatic rings. The van der Waals surface area contributed by atoms with Crippen molar-refractivity contribution in [3.05, 3.63) is 0 Å². The highest BCUT2D eigenvalue weighted by Crippen LogP contribution is 2.13. The zero-order valence-corrected chi connectivity index (χ0v) is 6.06. The Morgan fingerprint density at radius 2 is 1.85 bits per heavy atom. The zero-order chi connectivity index (χ0) is 10.6.